The second-order valence-electron chi connectivity index (χ2n) is 7.10. The number of amides is 1. The number of hydrogen-bond acceptors (Lipinski definition) is 4. The van der Waals surface area contributed by atoms with E-state index >= 15 is 0 Å². The Bertz CT molecular complexity index is 887. The Morgan fingerprint density at radius 2 is 1.87 bits per heavy atom. The highest BCUT2D eigenvalue weighted by molar-refractivity contribution is 14.0. The average molecular weight is 538 g/mol. The number of phenols is 1. The van der Waals surface area contributed by atoms with E-state index < -0.39 is 0 Å². The molecular formula is C23H31IN4O3. The smallest absolute Gasteiger partial charge is 0.227 e. The van der Waals surface area contributed by atoms with E-state index in [1.54, 1.807) is 6.07 Å². The summed E-state index contributed by atoms with van der Waals surface area (Å²) in [6.07, 6.45) is 1.57. The number of anilines is 1. The van der Waals surface area contributed by atoms with Crippen LogP contribution < -0.4 is 20.3 Å². The van der Waals surface area contributed by atoms with Crippen LogP contribution in [0.5, 0.6) is 11.5 Å². The van der Waals surface area contributed by atoms with Gasteiger partial charge in [-0.15, -0.1) is 24.0 Å². The zero-order valence-corrected chi connectivity index (χ0v) is 20.4. The molecule has 3 rings (SSSR count). The van der Waals surface area contributed by atoms with E-state index in [0.717, 1.165) is 36.3 Å². The van der Waals surface area contributed by atoms with Crippen molar-refractivity contribution in [2.24, 2.45) is 4.99 Å². The van der Waals surface area contributed by atoms with Crippen LogP contribution in [0, 0.1) is 0 Å². The highest BCUT2D eigenvalue weighted by atomic mass is 127. The molecule has 0 unspecified atom stereocenters. The molecular weight excluding hydrogens is 507 g/mol. The summed E-state index contributed by atoms with van der Waals surface area (Å²) in [7, 11) is 0. The summed E-state index contributed by atoms with van der Waals surface area (Å²) < 4.78 is 5.44. The number of guanidine groups is 1. The van der Waals surface area contributed by atoms with E-state index in [-0.39, 0.29) is 35.6 Å². The van der Waals surface area contributed by atoms with E-state index in [2.05, 4.69) is 15.6 Å². The molecule has 8 heteroatoms. The first-order valence-corrected chi connectivity index (χ1v) is 10.5. The second-order valence-corrected chi connectivity index (χ2v) is 7.10. The van der Waals surface area contributed by atoms with Gasteiger partial charge >= 0.3 is 0 Å². The lowest BCUT2D eigenvalue weighted by molar-refractivity contribution is -0.117. The number of halogens is 1. The molecule has 1 fully saturated rings. The van der Waals surface area contributed by atoms with Gasteiger partial charge in [0, 0.05) is 31.7 Å². The fraction of sp³-hybridized carbons (Fsp3) is 0.391. The molecule has 1 saturated heterocycles. The first-order valence-electron chi connectivity index (χ1n) is 10.5. The Morgan fingerprint density at radius 3 is 2.52 bits per heavy atom. The molecule has 0 aliphatic carbocycles. The summed E-state index contributed by atoms with van der Waals surface area (Å²) in [5.74, 6) is 1.51. The fourth-order valence-electron chi connectivity index (χ4n) is 3.34. The van der Waals surface area contributed by atoms with Gasteiger partial charge in [0.25, 0.3) is 0 Å². The highest BCUT2D eigenvalue weighted by Gasteiger charge is 2.21. The van der Waals surface area contributed by atoms with Gasteiger partial charge in [0.05, 0.1) is 13.2 Å². The zero-order chi connectivity index (χ0) is 21.3. The second kappa shape index (κ2) is 12.4. The monoisotopic (exact) mass is 538 g/mol. The molecule has 3 N–H and O–H groups in total. The maximum Gasteiger partial charge on any atom is 0.227 e. The SMILES string of the molecule is CCNC(=NCc1ccc(O)c(OCC)c1)NCc1ccc(N2CCCC2=O)cc1.I. The summed E-state index contributed by atoms with van der Waals surface area (Å²) >= 11 is 0. The van der Waals surface area contributed by atoms with E-state index in [4.69, 9.17) is 4.74 Å². The van der Waals surface area contributed by atoms with Crippen LogP contribution in [0.3, 0.4) is 0 Å². The lowest BCUT2D eigenvalue weighted by atomic mass is 10.2. The van der Waals surface area contributed by atoms with Crippen molar-refractivity contribution in [1.29, 1.82) is 0 Å². The van der Waals surface area contributed by atoms with Crippen molar-refractivity contribution in [3.8, 4) is 11.5 Å². The molecule has 0 saturated carbocycles. The number of hydrogen-bond donors (Lipinski definition) is 3. The van der Waals surface area contributed by atoms with Gasteiger partial charge in [-0.2, -0.15) is 0 Å². The molecule has 2 aromatic rings. The van der Waals surface area contributed by atoms with Crippen LogP contribution in [-0.4, -0.2) is 36.7 Å². The van der Waals surface area contributed by atoms with Crippen molar-refractivity contribution in [1.82, 2.24) is 10.6 Å². The molecule has 1 aliphatic rings. The summed E-state index contributed by atoms with van der Waals surface area (Å²) in [6, 6.07) is 13.3. The number of carbonyl (C=O) groups excluding carboxylic acids is 1. The number of nitrogens with one attached hydrogen (secondary N) is 2. The molecule has 0 atom stereocenters. The Hall–Kier alpha value is -2.49. The van der Waals surface area contributed by atoms with Crippen molar-refractivity contribution in [3.63, 3.8) is 0 Å². The lowest BCUT2D eigenvalue weighted by Gasteiger charge is -2.16. The maximum absolute atomic E-state index is 11.9. The number of nitrogens with zero attached hydrogens (tertiary/aromatic N) is 2. The largest absolute Gasteiger partial charge is 0.504 e. The fourth-order valence-corrected chi connectivity index (χ4v) is 3.34. The highest BCUT2D eigenvalue weighted by Crippen LogP contribution is 2.27. The van der Waals surface area contributed by atoms with Gasteiger partial charge in [-0.05, 0) is 55.7 Å². The number of aromatic hydroxyl groups is 1. The van der Waals surface area contributed by atoms with Crippen LogP contribution in [0.2, 0.25) is 0 Å². The van der Waals surface area contributed by atoms with Crippen LogP contribution in [-0.2, 0) is 17.9 Å². The minimum atomic E-state index is 0. The van der Waals surface area contributed by atoms with Crippen LogP contribution in [0.25, 0.3) is 0 Å². The van der Waals surface area contributed by atoms with Crippen LogP contribution >= 0.6 is 24.0 Å². The van der Waals surface area contributed by atoms with E-state index in [1.165, 1.54) is 0 Å². The third-order valence-electron chi connectivity index (χ3n) is 4.87. The minimum absolute atomic E-state index is 0. The summed E-state index contributed by atoms with van der Waals surface area (Å²) in [6.45, 7) is 7.04. The molecule has 1 amide bonds. The number of carbonyl (C=O) groups is 1. The Morgan fingerprint density at radius 1 is 1.13 bits per heavy atom. The van der Waals surface area contributed by atoms with Crippen molar-refractivity contribution in [3.05, 3.63) is 53.6 Å². The molecule has 0 bridgehead atoms. The molecule has 1 aliphatic heterocycles. The van der Waals surface area contributed by atoms with Crippen LogP contribution in [0.1, 0.15) is 37.8 Å². The molecule has 0 radical (unpaired) electrons. The Balaban J connectivity index is 0.00000341. The molecule has 0 spiro atoms. The first kappa shape index (κ1) is 24.8. The molecule has 2 aromatic carbocycles. The lowest BCUT2D eigenvalue weighted by Crippen LogP contribution is -2.36. The zero-order valence-electron chi connectivity index (χ0n) is 18.1. The third-order valence-corrected chi connectivity index (χ3v) is 4.87. The van der Waals surface area contributed by atoms with Gasteiger partial charge < -0.3 is 25.4 Å². The van der Waals surface area contributed by atoms with Gasteiger partial charge in [0.2, 0.25) is 5.91 Å². The Kier molecular flexibility index (Phi) is 9.90. The van der Waals surface area contributed by atoms with Gasteiger partial charge in [-0.1, -0.05) is 18.2 Å². The van der Waals surface area contributed by atoms with Crippen molar-refractivity contribution >= 4 is 41.5 Å². The number of aliphatic imine (C=N–C) groups is 1. The topological polar surface area (TPSA) is 86.2 Å². The van der Waals surface area contributed by atoms with Crippen LogP contribution in [0.4, 0.5) is 5.69 Å². The molecule has 168 valence electrons. The molecule has 1 heterocycles. The standard InChI is InChI=1S/C23H30N4O3.HI/c1-3-24-23(26-16-18-9-12-20(28)21(14-18)30-4-2)25-15-17-7-10-19(11-8-17)27-13-5-6-22(27)29;/h7-12,14,28H,3-6,13,15-16H2,1-2H3,(H2,24,25,26);1H. The van der Waals surface area contributed by atoms with Gasteiger partial charge in [-0.3, -0.25) is 4.79 Å². The Labute approximate surface area is 200 Å². The molecule has 31 heavy (non-hydrogen) atoms. The number of rotatable bonds is 8. The number of ether oxygens (including phenoxy) is 1. The number of benzene rings is 2. The average Bonchev–Trinajstić information content (AvgIpc) is 3.18. The summed E-state index contributed by atoms with van der Waals surface area (Å²) in [4.78, 5) is 18.3. The van der Waals surface area contributed by atoms with Gasteiger partial charge in [0.1, 0.15) is 0 Å². The number of phenolic OH excluding ortho intramolecular Hbond substituents is 1. The maximum atomic E-state index is 11.9. The van der Waals surface area contributed by atoms with E-state index in [1.807, 2.05) is 55.1 Å². The quantitative estimate of drug-likeness (QED) is 0.271. The third kappa shape index (κ3) is 7.02. The summed E-state index contributed by atoms with van der Waals surface area (Å²) in [5.41, 5.74) is 3.02. The normalized spacial score (nSPS) is 13.7. The first-order chi connectivity index (χ1) is 14.6. The van der Waals surface area contributed by atoms with Gasteiger partial charge in [0.15, 0.2) is 17.5 Å². The predicted molar refractivity (Wildman–Crippen MR) is 134 cm³/mol. The van der Waals surface area contributed by atoms with Gasteiger partial charge in [-0.25, -0.2) is 4.99 Å². The van der Waals surface area contributed by atoms with Crippen molar-refractivity contribution < 1.29 is 14.6 Å². The van der Waals surface area contributed by atoms with E-state index in [0.29, 0.717) is 37.8 Å². The van der Waals surface area contributed by atoms with Crippen molar-refractivity contribution in [2.75, 3.05) is 24.6 Å². The minimum Gasteiger partial charge on any atom is -0.504 e. The summed E-state index contributed by atoms with van der Waals surface area (Å²) in [5, 5.41) is 16.4. The van der Waals surface area contributed by atoms with Crippen LogP contribution in [0.15, 0.2) is 47.5 Å². The predicted octanol–water partition coefficient (Wildman–Crippen LogP) is 3.79. The molecule has 0 aromatic heterocycles. The molecule has 7 nitrogen and oxygen atoms in total. The van der Waals surface area contributed by atoms with Crippen molar-refractivity contribution in [2.45, 2.75) is 39.8 Å². The van der Waals surface area contributed by atoms with E-state index in [9.17, 15) is 9.90 Å².